The van der Waals surface area contributed by atoms with Crippen LogP contribution in [-0.2, 0) is 0 Å². The summed E-state index contributed by atoms with van der Waals surface area (Å²) in [5.74, 6) is 0.820. The molecular weight excluding hydrogens is 164 g/mol. The van der Waals surface area contributed by atoms with Crippen LogP contribution in [0.2, 0.25) is 0 Å². The summed E-state index contributed by atoms with van der Waals surface area (Å²) in [7, 11) is 0. The van der Waals surface area contributed by atoms with Gasteiger partial charge in [-0.25, -0.2) is 0 Å². The minimum absolute atomic E-state index is 0.227. The van der Waals surface area contributed by atoms with Crippen LogP contribution in [0.1, 0.15) is 18.9 Å². The summed E-state index contributed by atoms with van der Waals surface area (Å²) in [6.07, 6.45) is 2.67. The predicted octanol–water partition coefficient (Wildman–Crippen LogP) is 0.934. The van der Waals surface area contributed by atoms with Crippen LogP contribution in [0.4, 0.5) is 5.82 Å². The molecule has 0 aliphatic heterocycles. The second kappa shape index (κ2) is 4.77. The van der Waals surface area contributed by atoms with Crippen molar-refractivity contribution in [3.8, 4) is 0 Å². The summed E-state index contributed by atoms with van der Waals surface area (Å²) in [4.78, 5) is 0. The first-order valence-electron chi connectivity index (χ1n) is 4.47. The number of hydrogen-bond donors (Lipinski definition) is 2. The number of nitrogens with one attached hydrogen (secondary N) is 1. The second-order valence-electron chi connectivity index (χ2n) is 3.31. The van der Waals surface area contributed by atoms with Gasteiger partial charge in [0.05, 0.1) is 6.20 Å². The minimum Gasteiger partial charge on any atom is -0.369 e. The first-order valence-corrected chi connectivity index (χ1v) is 4.47. The number of nitrogens with two attached hydrogens (primary N) is 1. The van der Waals surface area contributed by atoms with Crippen LogP contribution in [0.3, 0.4) is 0 Å². The number of nitrogens with zero attached hydrogens (tertiary/aromatic N) is 2. The van der Waals surface area contributed by atoms with Crippen molar-refractivity contribution in [3.05, 3.63) is 17.8 Å². The van der Waals surface area contributed by atoms with Crippen molar-refractivity contribution in [2.24, 2.45) is 5.73 Å². The van der Waals surface area contributed by atoms with Crippen LogP contribution in [0.15, 0.2) is 12.3 Å². The van der Waals surface area contributed by atoms with Gasteiger partial charge in [0.1, 0.15) is 5.82 Å². The van der Waals surface area contributed by atoms with Gasteiger partial charge in [0.25, 0.3) is 0 Å². The Bertz CT molecular complexity index is 260. The smallest absolute Gasteiger partial charge is 0.148 e. The quantitative estimate of drug-likeness (QED) is 0.723. The van der Waals surface area contributed by atoms with Crippen LogP contribution < -0.4 is 11.1 Å². The molecule has 0 radical (unpaired) electrons. The first kappa shape index (κ1) is 9.92. The molecule has 0 bridgehead atoms. The topological polar surface area (TPSA) is 63.8 Å². The zero-order valence-corrected chi connectivity index (χ0v) is 8.12. The van der Waals surface area contributed by atoms with Crippen molar-refractivity contribution in [1.82, 2.24) is 10.2 Å². The van der Waals surface area contributed by atoms with E-state index < -0.39 is 0 Å². The van der Waals surface area contributed by atoms with E-state index in [0.29, 0.717) is 0 Å². The maximum Gasteiger partial charge on any atom is 0.148 e. The molecule has 1 unspecified atom stereocenters. The van der Waals surface area contributed by atoms with Gasteiger partial charge in [0, 0.05) is 12.6 Å². The van der Waals surface area contributed by atoms with E-state index in [0.717, 1.165) is 24.3 Å². The fourth-order valence-corrected chi connectivity index (χ4v) is 0.978. The van der Waals surface area contributed by atoms with Crippen LogP contribution in [0.5, 0.6) is 0 Å². The van der Waals surface area contributed by atoms with Crippen LogP contribution in [0, 0.1) is 6.92 Å². The highest BCUT2D eigenvalue weighted by atomic mass is 15.2. The number of aromatic nitrogens is 2. The van der Waals surface area contributed by atoms with Gasteiger partial charge in [-0.15, -0.1) is 5.10 Å². The molecule has 1 aromatic rings. The van der Waals surface area contributed by atoms with Gasteiger partial charge in [-0.1, -0.05) is 0 Å². The Morgan fingerprint density at radius 1 is 1.62 bits per heavy atom. The van der Waals surface area contributed by atoms with Crippen molar-refractivity contribution in [2.75, 3.05) is 11.9 Å². The highest BCUT2D eigenvalue weighted by Crippen LogP contribution is 2.02. The normalized spacial score (nSPS) is 12.5. The van der Waals surface area contributed by atoms with Crippen molar-refractivity contribution in [2.45, 2.75) is 26.3 Å². The van der Waals surface area contributed by atoms with Crippen molar-refractivity contribution < 1.29 is 0 Å². The molecule has 0 aromatic carbocycles. The van der Waals surface area contributed by atoms with E-state index in [1.807, 2.05) is 19.9 Å². The first-order chi connectivity index (χ1) is 6.18. The van der Waals surface area contributed by atoms with E-state index in [4.69, 9.17) is 5.73 Å². The molecule has 0 spiro atoms. The fourth-order valence-electron chi connectivity index (χ4n) is 0.978. The molecule has 1 atom stereocenters. The van der Waals surface area contributed by atoms with Gasteiger partial charge in [-0.05, 0) is 31.9 Å². The molecule has 13 heavy (non-hydrogen) atoms. The summed E-state index contributed by atoms with van der Waals surface area (Å²) in [6.45, 7) is 4.82. The number of aryl methyl sites for hydroxylation is 1. The average Bonchev–Trinajstić information content (AvgIpc) is 2.03. The molecule has 0 fully saturated rings. The van der Waals surface area contributed by atoms with E-state index in [9.17, 15) is 0 Å². The van der Waals surface area contributed by atoms with E-state index in [1.165, 1.54) is 0 Å². The summed E-state index contributed by atoms with van der Waals surface area (Å²) in [5.41, 5.74) is 6.72. The van der Waals surface area contributed by atoms with E-state index in [-0.39, 0.29) is 6.04 Å². The zero-order valence-electron chi connectivity index (χ0n) is 8.12. The lowest BCUT2D eigenvalue weighted by Crippen LogP contribution is -2.19. The molecule has 3 N–H and O–H groups in total. The van der Waals surface area contributed by atoms with E-state index >= 15 is 0 Å². The number of anilines is 1. The number of rotatable bonds is 4. The largest absolute Gasteiger partial charge is 0.369 e. The molecular formula is C9H16N4. The molecule has 4 heteroatoms. The third-order valence-corrected chi connectivity index (χ3v) is 1.70. The van der Waals surface area contributed by atoms with Crippen molar-refractivity contribution in [1.29, 1.82) is 0 Å². The second-order valence-corrected chi connectivity index (χ2v) is 3.31. The van der Waals surface area contributed by atoms with Gasteiger partial charge in [-0.2, -0.15) is 5.10 Å². The molecule has 0 amide bonds. The third kappa shape index (κ3) is 3.85. The van der Waals surface area contributed by atoms with E-state index in [2.05, 4.69) is 15.5 Å². The van der Waals surface area contributed by atoms with Crippen LogP contribution >= 0.6 is 0 Å². The zero-order chi connectivity index (χ0) is 9.68. The third-order valence-electron chi connectivity index (χ3n) is 1.70. The fraction of sp³-hybridized carbons (Fsp3) is 0.556. The van der Waals surface area contributed by atoms with Crippen molar-refractivity contribution >= 4 is 5.82 Å². The summed E-state index contributed by atoms with van der Waals surface area (Å²) in [5, 5.41) is 10.9. The van der Waals surface area contributed by atoms with Gasteiger partial charge in [-0.3, -0.25) is 0 Å². The predicted molar refractivity (Wildman–Crippen MR) is 53.5 cm³/mol. The highest BCUT2D eigenvalue weighted by Gasteiger charge is 1.96. The van der Waals surface area contributed by atoms with Gasteiger partial charge in [0.2, 0.25) is 0 Å². The molecule has 4 nitrogen and oxygen atoms in total. The molecule has 1 rings (SSSR count). The maximum atomic E-state index is 5.61. The Morgan fingerprint density at radius 3 is 3.00 bits per heavy atom. The van der Waals surface area contributed by atoms with Gasteiger partial charge < -0.3 is 11.1 Å². The number of hydrogen-bond acceptors (Lipinski definition) is 4. The molecule has 0 aliphatic carbocycles. The minimum atomic E-state index is 0.227. The maximum absolute atomic E-state index is 5.61. The van der Waals surface area contributed by atoms with Gasteiger partial charge in [0.15, 0.2) is 0 Å². The molecule has 0 aliphatic rings. The highest BCUT2D eigenvalue weighted by molar-refractivity contribution is 5.34. The monoisotopic (exact) mass is 180 g/mol. The lowest BCUT2D eigenvalue weighted by atomic mass is 10.2. The Morgan fingerprint density at radius 2 is 2.38 bits per heavy atom. The molecule has 0 saturated carbocycles. The summed E-state index contributed by atoms with van der Waals surface area (Å²) < 4.78 is 0. The average molecular weight is 180 g/mol. The molecule has 1 heterocycles. The Balaban J connectivity index is 2.37. The lowest BCUT2D eigenvalue weighted by Gasteiger charge is -2.06. The Kier molecular flexibility index (Phi) is 3.64. The lowest BCUT2D eigenvalue weighted by molar-refractivity contribution is 0.688. The SMILES string of the molecule is Cc1cnnc(NCCC(C)N)c1. The van der Waals surface area contributed by atoms with E-state index in [1.54, 1.807) is 6.20 Å². The molecule has 72 valence electrons. The standard InChI is InChI=1S/C9H16N4/c1-7-5-9(13-12-6-7)11-4-3-8(2)10/h5-6,8H,3-4,10H2,1-2H3,(H,11,13). The van der Waals surface area contributed by atoms with Gasteiger partial charge >= 0.3 is 0 Å². The summed E-state index contributed by atoms with van der Waals surface area (Å²) in [6, 6.07) is 2.19. The molecule has 0 saturated heterocycles. The molecule has 1 aromatic heterocycles. The summed E-state index contributed by atoms with van der Waals surface area (Å²) >= 11 is 0. The van der Waals surface area contributed by atoms with Crippen LogP contribution in [-0.4, -0.2) is 22.8 Å². The Labute approximate surface area is 78.6 Å². The Hall–Kier alpha value is -1.16. The van der Waals surface area contributed by atoms with Crippen LogP contribution in [0.25, 0.3) is 0 Å². The van der Waals surface area contributed by atoms with Crippen molar-refractivity contribution in [3.63, 3.8) is 0 Å².